The van der Waals surface area contributed by atoms with Gasteiger partial charge in [0, 0.05) is 37.2 Å². The molecule has 1 aromatic carbocycles. The molecule has 1 aliphatic heterocycles. The Hall–Kier alpha value is -5.35. The molecule has 0 saturated heterocycles. The van der Waals surface area contributed by atoms with Crippen molar-refractivity contribution in [2.24, 2.45) is 0 Å². The highest BCUT2D eigenvalue weighted by Crippen LogP contribution is 2.20. The maximum Gasteiger partial charge on any atom is 0.326 e. The number of anilines is 4. The van der Waals surface area contributed by atoms with Gasteiger partial charge in [0.25, 0.3) is 11.5 Å². The Morgan fingerprint density at radius 2 is 1.61 bits per heavy atom. The van der Waals surface area contributed by atoms with Crippen molar-refractivity contribution in [3.05, 3.63) is 40.2 Å². The van der Waals surface area contributed by atoms with E-state index in [1.807, 2.05) is 0 Å². The van der Waals surface area contributed by atoms with Crippen LogP contribution >= 0.6 is 0 Å². The van der Waals surface area contributed by atoms with Crippen molar-refractivity contribution >= 4 is 52.9 Å². The van der Waals surface area contributed by atoms with Crippen LogP contribution in [0.15, 0.2) is 29.1 Å². The summed E-state index contributed by atoms with van der Waals surface area (Å²) in [7, 11) is 0. The summed E-state index contributed by atoms with van der Waals surface area (Å²) in [4.78, 5) is 77.3. The van der Waals surface area contributed by atoms with Crippen LogP contribution in [0.2, 0.25) is 0 Å². The Morgan fingerprint density at radius 1 is 0.976 bits per heavy atom. The molecule has 220 valence electrons. The highest BCUT2D eigenvalue weighted by molar-refractivity contribution is 5.98. The Bertz CT molecular complexity index is 1360. The van der Waals surface area contributed by atoms with E-state index in [2.05, 4.69) is 36.6 Å². The number of fused-ring (bicyclic) bond motifs is 1. The van der Waals surface area contributed by atoms with Crippen molar-refractivity contribution in [2.75, 3.05) is 34.8 Å². The van der Waals surface area contributed by atoms with E-state index in [4.69, 9.17) is 15.9 Å². The number of nitrogen functional groups attached to an aromatic ring is 1. The maximum absolute atomic E-state index is 12.8. The van der Waals surface area contributed by atoms with Gasteiger partial charge in [-0.25, -0.2) is 4.79 Å². The summed E-state index contributed by atoms with van der Waals surface area (Å²) in [5, 5.41) is 41.0. The largest absolute Gasteiger partial charge is 0.481 e. The molecule has 17 heteroatoms. The standard InChI is InChI=1S/C24H30N8O9/c25-24-31-19-18(22(39)32-24)28-13(10-27-19)9-26-12-3-1-11(2-4-12)20(37)29-14(5-7-16(33)34)21(38)30-15(23(40)41)6-8-17(35)36/h1-4,13-15,26,28H,5-10H2,(H,29,37)(H,30,38)(H,33,34)(H,35,36)(H,40,41)(H4,25,27,31,32,39)/t13-,14-,15-/m0/s1. The van der Waals surface area contributed by atoms with E-state index < -0.39 is 66.6 Å². The first kappa shape index (κ1) is 30.2. The minimum absolute atomic E-state index is 0.00205. The number of hydrogen-bond acceptors (Lipinski definition) is 11. The van der Waals surface area contributed by atoms with E-state index in [-0.39, 0.29) is 29.7 Å². The number of carboxylic acids is 3. The van der Waals surface area contributed by atoms with Gasteiger partial charge < -0.3 is 47.6 Å². The quantitative estimate of drug-likeness (QED) is 0.130. The highest BCUT2D eigenvalue weighted by Gasteiger charge is 2.28. The molecular formula is C24H30N8O9. The van der Waals surface area contributed by atoms with Crippen molar-refractivity contribution in [2.45, 2.75) is 43.8 Å². The smallest absolute Gasteiger partial charge is 0.326 e. The molecular weight excluding hydrogens is 544 g/mol. The molecule has 1 aromatic heterocycles. The minimum Gasteiger partial charge on any atom is -0.481 e. The predicted octanol–water partition coefficient (Wildman–Crippen LogP) is -0.932. The third kappa shape index (κ3) is 8.84. The van der Waals surface area contributed by atoms with Crippen molar-refractivity contribution in [1.82, 2.24) is 20.6 Å². The second kappa shape index (κ2) is 13.6. The first-order valence-corrected chi connectivity index (χ1v) is 12.4. The number of aliphatic carboxylic acids is 3. The first-order chi connectivity index (χ1) is 19.4. The topological polar surface area (TPSA) is 278 Å². The number of nitrogens with one attached hydrogen (secondary N) is 6. The number of H-pyrrole nitrogens is 1. The number of carbonyl (C=O) groups is 5. The van der Waals surface area contributed by atoms with Crippen molar-refractivity contribution in [3.8, 4) is 0 Å². The molecule has 3 atom stereocenters. The zero-order valence-electron chi connectivity index (χ0n) is 21.6. The predicted molar refractivity (Wildman–Crippen MR) is 145 cm³/mol. The Labute approximate surface area is 231 Å². The lowest BCUT2D eigenvalue weighted by atomic mass is 10.1. The van der Waals surface area contributed by atoms with Crippen LogP contribution in [0.5, 0.6) is 0 Å². The molecule has 17 nitrogen and oxygen atoms in total. The summed E-state index contributed by atoms with van der Waals surface area (Å²) >= 11 is 0. The number of aromatic nitrogens is 2. The number of hydrogen-bond donors (Lipinski definition) is 10. The fourth-order valence-corrected chi connectivity index (χ4v) is 3.91. The van der Waals surface area contributed by atoms with Crippen LogP contribution in [0.3, 0.4) is 0 Å². The van der Waals surface area contributed by atoms with E-state index >= 15 is 0 Å². The second-order valence-corrected chi connectivity index (χ2v) is 9.15. The van der Waals surface area contributed by atoms with Gasteiger partial charge in [0.2, 0.25) is 11.9 Å². The maximum atomic E-state index is 12.8. The van der Waals surface area contributed by atoms with Crippen LogP contribution in [0.25, 0.3) is 0 Å². The lowest BCUT2D eigenvalue weighted by molar-refractivity contribution is -0.143. The van der Waals surface area contributed by atoms with Crippen LogP contribution in [-0.2, 0) is 19.2 Å². The zero-order valence-corrected chi connectivity index (χ0v) is 21.6. The van der Waals surface area contributed by atoms with Gasteiger partial charge in [0.15, 0.2) is 5.82 Å². The van der Waals surface area contributed by atoms with Crippen LogP contribution in [0, 0.1) is 0 Å². The molecule has 3 rings (SSSR count). The number of nitrogens with two attached hydrogens (primary N) is 1. The minimum atomic E-state index is -1.54. The Morgan fingerprint density at radius 3 is 2.22 bits per heavy atom. The Kier molecular flexibility index (Phi) is 10.0. The third-order valence-electron chi connectivity index (χ3n) is 6.03. The van der Waals surface area contributed by atoms with Gasteiger partial charge in [-0.15, -0.1) is 0 Å². The van der Waals surface area contributed by atoms with Crippen LogP contribution < -0.4 is 37.9 Å². The lowest BCUT2D eigenvalue weighted by Gasteiger charge is -2.27. The molecule has 0 bridgehead atoms. The summed E-state index contributed by atoms with van der Waals surface area (Å²) < 4.78 is 0. The van der Waals surface area contributed by atoms with Gasteiger partial charge in [-0.3, -0.25) is 29.0 Å². The van der Waals surface area contributed by atoms with Gasteiger partial charge >= 0.3 is 17.9 Å². The molecule has 11 N–H and O–H groups in total. The molecule has 2 amide bonds. The highest BCUT2D eigenvalue weighted by atomic mass is 16.4. The molecule has 0 spiro atoms. The molecule has 0 radical (unpaired) electrons. The van der Waals surface area contributed by atoms with Gasteiger partial charge in [-0.1, -0.05) is 0 Å². The monoisotopic (exact) mass is 574 g/mol. The average Bonchev–Trinajstić information content (AvgIpc) is 2.91. The van der Waals surface area contributed by atoms with Gasteiger partial charge in [-0.05, 0) is 37.1 Å². The summed E-state index contributed by atoms with van der Waals surface area (Å²) in [5.41, 5.74) is 6.19. The van der Waals surface area contributed by atoms with Crippen LogP contribution in [0.1, 0.15) is 36.0 Å². The number of nitrogens with zero attached hydrogens (tertiary/aromatic N) is 1. The SMILES string of the molecule is Nc1nc2c(c(=O)[nH]1)N[C@@H](CNc1ccc(C(=O)N[C@@H](CCC(=O)O)C(=O)N[C@@H](CCC(=O)O)C(=O)O)cc1)CN2. The van der Waals surface area contributed by atoms with E-state index in [0.717, 1.165) is 0 Å². The fraction of sp³-hybridized carbons (Fsp3) is 0.375. The summed E-state index contributed by atoms with van der Waals surface area (Å²) in [6.07, 6.45) is -1.73. The van der Waals surface area contributed by atoms with Gasteiger partial charge in [0.1, 0.15) is 17.8 Å². The number of aromatic amines is 1. The van der Waals surface area contributed by atoms with Crippen molar-refractivity contribution in [3.63, 3.8) is 0 Å². The molecule has 0 aliphatic carbocycles. The number of benzene rings is 1. The van der Waals surface area contributed by atoms with Gasteiger partial charge in [0.05, 0.1) is 6.04 Å². The normalized spacial score (nSPS) is 15.2. The number of carbonyl (C=O) groups excluding carboxylic acids is 2. The number of amides is 2. The second-order valence-electron chi connectivity index (χ2n) is 9.15. The lowest BCUT2D eigenvalue weighted by Crippen LogP contribution is -2.51. The summed E-state index contributed by atoms with van der Waals surface area (Å²) in [6.45, 7) is 0.848. The zero-order chi connectivity index (χ0) is 30.1. The molecule has 0 saturated carbocycles. The van der Waals surface area contributed by atoms with E-state index in [0.29, 0.717) is 24.6 Å². The van der Waals surface area contributed by atoms with E-state index in [9.17, 15) is 33.9 Å². The molecule has 2 heterocycles. The fourth-order valence-electron chi connectivity index (χ4n) is 3.91. The summed E-state index contributed by atoms with van der Waals surface area (Å²) in [6, 6.07) is 3.04. The van der Waals surface area contributed by atoms with Gasteiger partial charge in [-0.2, -0.15) is 4.98 Å². The van der Waals surface area contributed by atoms with Crippen molar-refractivity contribution < 1.29 is 39.3 Å². The Balaban J connectivity index is 1.59. The van der Waals surface area contributed by atoms with E-state index in [1.165, 1.54) is 12.1 Å². The van der Waals surface area contributed by atoms with E-state index in [1.54, 1.807) is 12.1 Å². The molecule has 0 fully saturated rings. The number of rotatable bonds is 14. The molecule has 2 aromatic rings. The van der Waals surface area contributed by atoms with Crippen LogP contribution in [0.4, 0.5) is 23.1 Å². The number of carboxylic acid groups (broad SMARTS) is 3. The first-order valence-electron chi connectivity index (χ1n) is 12.4. The molecule has 0 unspecified atom stereocenters. The average molecular weight is 575 g/mol. The van der Waals surface area contributed by atoms with Crippen molar-refractivity contribution in [1.29, 1.82) is 0 Å². The van der Waals surface area contributed by atoms with Crippen LogP contribution in [-0.4, -0.2) is 86.2 Å². The molecule has 1 aliphatic rings. The third-order valence-corrected chi connectivity index (χ3v) is 6.03. The summed E-state index contributed by atoms with van der Waals surface area (Å²) in [5.74, 6) is -5.27. The molecule has 41 heavy (non-hydrogen) atoms.